The summed E-state index contributed by atoms with van der Waals surface area (Å²) in [7, 11) is 0. The van der Waals surface area contributed by atoms with Crippen LogP contribution in [0.15, 0.2) is 77.6 Å². The van der Waals surface area contributed by atoms with E-state index in [9.17, 15) is 4.79 Å². The standard InChI is InChI=1S/C26H26N6O2/c1-20-7-5-6-10-23(20)26-28-24(34-29-26)19-30-13-15-31(16-14-30)25(33)12-11-21-17-27-32(18-21)22-8-3-2-4-9-22/h2-12,17-18H,13-16,19H2,1H3/b12-11+. The lowest BCUT2D eigenvalue weighted by molar-refractivity contribution is -0.127. The molecular weight excluding hydrogens is 428 g/mol. The van der Waals surface area contributed by atoms with Crippen LogP contribution in [0.4, 0.5) is 0 Å². The number of para-hydroxylation sites is 1. The lowest BCUT2D eigenvalue weighted by Crippen LogP contribution is -2.47. The van der Waals surface area contributed by atoms with E-state index in [0.29, 0.717) is 31.3 Å². The minimum absolute atomic E-state index is 0.00624. The number of hydrogen-bond acceptors (Lipinski definition) is 6. The molecule has 3 heterocycles. The number of carbonyl (C=O) groups excluding carboxylic acids is 1. The molecule has 0 spiro atoms. The molecule has 4 aromatic rings. The average Bonchev–Trinajstić information content (AvgIpc) is 3.54. The maximum atomic E-state index is 12.7. The first-order valence-electron chi connectivity index (χ1n) is 11.3. The lowest BCUT2D eigenvalue weighted by atomic mass is 10.1. The highest BCUT2D eigenvalue weighted by atomic mass is 16.5. The highest BCUT2D eigenvalue weighted by Crippen LogP contribution is 2.20. The van der Waals surface area contributed by atoms with Gasteiger partial charge in [0, 0.05) is 49.6 Å². The van der Waals surface area contributed by atoms with Crippen molar-refractivity contribution in [2.45, 2.75) is 13.5 Å². The quantitative estimate of drug-likeness (QED) is 0.414. The Morgan fingerprint density at radius 1 is 1.03 bits per heavy atom. The molecule has 1 amide bonds. The second kappa shape index (κ2) is 9.84. The van der Waals surface area contributed by atoms with Crippen LogP contribution >= 0.6 is 0 Å². The third kappa shape index (κ3) is 4.97. The van der Waals surface area contributed by atoms with Gasteiger partial charge in [0.2, 0.25) is 17.6 Å². The van der Waals surface area contributed by atoms with Gasteiger partial charge in [-0.3, -0.25) is 9.69 Å². The first-order chi connectivity index (χ1) is 16.7. The zero-order valence-corrected chi connectivity index (χ0v) is 19.0. The minimum Gasteiger partial charge on any atom is -0.338 e. The Morgan fingerprint density at radius 2 is 1.79 bits per heavy atom. The van der Waals surface area contributed by atoms with Gasteiger partial charge in [0.1, 0.15) is 0 Å². The first-order valence-corrected chi connectivity index (χ1v) is 11.3. The molecule has 0 bridgehead atoms. The molecule has 1 saturated heterocycles. The molecule has 2 aromatic carbocycles. The Morgan fingerprint density at radius 3 is 2.59 bits per heavy atom. The Balaban J connectivity index is 1.13. The van der Waals surface area contributed by atoms with Crippen molar-refractivity contribution >= 4 is 12.0 Å². The number of amides is 1. The largest absolute Gasteiger partial charge is 0.338 e. The fourth-order valence-electron chi connectivity index (χ4n) is 3.99. The molecular formula is C26H26N6O2. The van der Waals surface area contributed by atoms with Gasteiger partial charge in [0.15, 0.2) is 0 Å². The van der Waals surface area contributed by atoms with Crippen LogP contribution in [0.5, 0.6) is 0 Å². The number of nitrogens with zero attached hydrogens (tertiary/aromatic N) is 6. The van der Waals surface area contributed by atoms with Crippen LogP contribution in [-0.4, -0.2) is 61.8 Å². The molecule has 2 aromatic heterocycles. The number of piperazine rings is 1. The van der Waals surface area contributed by atoms with E-state index in [4.69, 9.17) is 4.52 Å². The number of aryl methyl sites for hydroxylation is 1. The summed E-state index contributed by atoms with van der Waals surface area (Å²) in [5.41, 5.74) is 3.96. The van der Waals surface area contributed by atoms with Gasteiger partial charge in [-0.25, -0.2) is 4.68 Å². The van der Waals surface area contributed by atoms with Crippen LogP contribution < -0.4 is 0 Å². The maximum Gasteiger partial charge on any atom is 0.246 e. The van der Waals surface area contributed by atoms with E-state index in [2.05, 4.69) is 20.1 Å². The van der Waals surface area contributed by atoms with Gasteiger partial charge in [0.25, 0.3) is 0 Å². The summed E-state index contributed by atoms with van der Waals surface area (Å²) in [5, 5.41) is 8.50. The van der Waals surface area contributed by atoms with Crippen molar-refractivity contribution < 1.29 is 9.32 Å². The summed E-state index contributed by atoms with van der Waals surface area (Å²) in [4.78, 5) is 21.3. The molecule has 8 heteroatoms. The summed E-state index contributed by atoms with van der Waals surface area (Å²) in [6.45, 7) is 5.44. The summed E-state index contributed by atoms with van der Waals surface area (Å²) in [6.07, 6.45) is 7.10. The van der Waals surface area contributed by atoms with Crippen LogP contribution in [0.3, 0.4) is 0 Å². The van der Waals surface area contributed by atoms with Gasteiger partial charge in [-0.1, -0.05) is 47.6 Å². The van der Waals surface area contributed by atoms with Gasteiger partial charge in [0.05, 0.1) is 18.4 Å². The molecule has 0 saturated carbocycles. The highest BCUT2D eigenvalue weighted by molar-refractivity contribution is 5.91. The van der Waals surface area contributed by atoms with Gasteiger partial charge >= 0.3 is 0 Å². The maximum absolute atomic E-state index is 12.7. The minimum atomic E-state index is 0.00624. The molecule has 0 N–H and O–H groups in total. The van der Waals surface area contributed by atoms with Crippen molar-refractivity contribution in [2.75, 3.05) is 26.2 Å². The van der Waals surface area contributed by atoms with Crippen molar-refractivity contribution in [1.82, 2.24) is 29.7 Å². The van der Waals surface area contributed by atoms with Crippen molar-refractivity contribution in [3.05, 3.63) is 90.1 Å². The van der Waals surface area contributed by atoms with Gasteiger partial charge < -0.3 is 9.42 Å². The number of aromatic nitrogens is 4. The smallest absolute Gasteiger partial charge is 0.246 e. The molecule has 0 atom stereocenters. The molecule has 34 heavy (non-hydrogen) atoms. The second-order valence-electron chi connectivity index (χ2n) is 8.32. The fraction of sp³-hybridized carbons (Fsp3) is 0.231. The van der Waals surface area contributed by atoms with Crippen molar-refractivity contribution in [1.29, 1.82) is 0 Å². The van der Waals surface area contributed by atoms with Crippen LogP contribution in [0.25, 0.3) is 23.2 Å². The molecule has 1 aliphatic heterocycles. The average molecular weight is 455 g/mol. The van der Waals surface area contributed by atoms with Gasteiger partial charge in [-0.2, -0.15) is 10.1 Å². The molecule has 1 fully saturated rings. The van der Waals surface area contributed by atoms with E-state index in [0.717, 1.165) is 35.5 Å². The van der Waals surface area contributed by atoms with Crippen molar-refractivity contribution in [3.63, 3.8) is 0 Å². The van der Waals surface area contributed by atoms with Crippen LogP contribution in [-0.2, 0) is 11.3 Å². The monoisotopic (exact) mass is 454 g/mol. The second-order valence-corrected chi connectivity index (χ2v) is 8.32. The van der Waals surface area contributed by atoms with Crippen LogP contribution in [0, 0.1) is 6.92 Å². The Hall–Kier alpha value is -4.04. The number of hydrogen-bond donors (Lipinski definition) is 0. The summed E-state index contributed by atoms with van der Waals surface area (Å²) >= 11 is 0. The van der Waals surface area contributed by atoms with Crippen molar-refractivity contribution in [3.8, 4) is 17.1 Å². The Bertz CT molecular complexity index is 1290. The lowest BCUT2D eigenvalue weighted by Gasteiger charge is -2.33. The molecule has 5 rings (SSSR count). The van der Waals surface area contributed by atoms with Gasteiger partial charge in [-0.15, -0.1) is 0 Å². The van der Waals surface area contributed by atoms with E-state index < -0.39 is 0 Å². The van der Waals surface area contributed by atoms with Crippen LogP contribution in [0.2, 0.25) is 0 Å². The van der Waals surface area contributed by atoms with E-state index in [1.165, 1.54) is 0 Å². The zero-order valence-electron chi connectivity index (χ0n) is 19.0. The number of rotatable bonds is 6. The first kappa shape index (κ1) is 21.8. The molecule has 0 unspecified atom stereocenters. The van der Waals surface area contributed by atoms with E-state index in [-0.39, 0.29) is 5.91 Å². The van der Waals surface area contributed by atoms with Crippen LogP contribution in [0.1, 0.15) is 17.0 Å². The molecule has 1 aliphatic rings. The molecule has 172 valence electrons. The Kier molecular flexibility index (Phi) is 6.31. The topological polar surface area (TPSA) is 80.3 Å². The third-order valence-corrected chi connectivity index (χ3v) is 5.94. The molecule has 0 radical (unpaired) electrons. The Labute approximate surface area is 198 Å². The zero-order chi connectivity index (χ0) is 23.3. The summed E-state index contributed by atoms with van der Waals surface area (Å²) < 4.78 is 7.27. The van der Waals surface area contributed by atoms with E-state index >= 15 is 0 Å². The fourth-order valence-corrected chi connectivity index (χ4v) is 3.99. The van der Waals surface area contributed by atoms with Crippen molar-refractivity contribution in [2.24, 2.45) is 0 Å². The van der Waals surface area contributed by atoms with E-state index in [1.807, 2.05) is 78.7 Å². The van der Waals surface area contributed by atoms with E-state index in [1.54, 1.807) is 17.0 Å². The van der Waals surface area contributed by atoms with Gasteiger partial charge in [-0.05, 0) is 30.7 Å². The molecule has 8 nitrogen and oxygen atoms in total. The SMILES string of the molecule is Cc1ccccc1-c1noc(CN2CCN(C(=O)/C=C/c3cnn(-c4ccccc4)c3)CC2)n1. The third-order valence-electron chi connectivity index (χ3n) is 5.94. The molecule has 0 aliphatic carbocycles. The number of benzene rings is 2. The predicted octanol–water partition coefficient (Wildman–Crippen LogP) is 3.59. The number of carbonyl (C=O) groups is 1. The summed E-state index contributed by atoms with van der Waals surface area (Å²) in [6, 6.07) is 17.9. The summed E-state index contributed by atoms with van der Waals surface area (Å²) in [5.74, 6) is 1.21. The predicted molar refractivity (Wildman–Crippen MR) is 129 cm³/mol. The normalized spacial score (nSPS) is 14.7. The highest BCUT2D eigenvalue weighted by Gasteiger charge is 2.21.